The van der Waals surface area contributed by atoms with Crippen molar-refractivity contribution in [3.8, 4) is 0 Å². The lowest BCUT2D eigenvalue weighted by molar-refractivity contribution is -0.159. The fourth-order valence-electron chi connectivity index (χ4n) is 3.22. The molecule has 2 aliphatic rings. The van der Waals surface area contributed by atoms with E-state index >= 15 is 0 Å². The Morgan fingerprint density at radius 1 is 1.38 bits per heavy atom. The van der Waals surface area contributed by atoms with Crippen molar-refractivity contribution in [2.45, 2.75) is 64.6 Å². The maximum atomic E-state index is 13.0. The number of carbonyl (C=O) groups excluding carboxylic acids is 2. The summed E-state index contributed by atoms with van der Waals surface area (Å²) >= 11 is 0. The number of nitrogens with zero attached hydrogens (tertiary/aromatic N) is 1. The minimum atomic E-state index is -0.728. The number of ether oxygens (including phenoxy) is 1. The molecule has 2 amide bonds. The summed E-state index contributed by atoms with van der Waals surface area (Å²) in [5.41, 5.74) is -0.728. The van der Waals surface area contributed by atoms with E-state index in [9.17, 15) is 9.59 Å². The van der Waals surface area contributed by atoms with Crippen molar-refractivity contribution in [1.29, 1.82) is 0 Å². The molecule has 0 spiro atoms. The third kappa shape index (κ3) is 2.93. The number of amides is 2. The second-order valence-corrected chi connectivity index (χ2v) is 6.80. The van der Waals surface area contributed by atoms with Gasteiger partial charge in [0.05, 0.1) is 6.10 Å². The van der Waals surface area contributed by atoms with Gasteiger partial charge in [0.1, 0.15) is 11.6 Å². The van der Waals surface area contributed by atoms with Crippen LogP contribution in [0.1, 0.15) is 47.0 Å². The Balaban J connectivity index is 2.29. The van der Waals surface area contributed by atoms with Crippen molar-refractivity contribution >= 4 is 11.8 Å². The van der Waals surface area contributed by atoms with Gasteiger partial charge < -0.3 is 15.0 Å². The van der Waals surface area contributed by atoms with Gasteiger partial charge in [-0.3, -0.25) is 9.59 Å². The van der Waals surface area contributed by atoms with E-state index in [0.717, 1.165) is 19.3 Å². The van der Waals surface area contributed by atoms with Gasteiger partial charge in [0.2, 0.25) is 11.8 Å². The van der Waals surface area contributed by atoms with Crippen LogP contribution in [0.4, 0.5) is 0 Å². The van der Waals surface area contributed by atoms with Crippen LogP contribution in [0.5, 0.6) is 0 Å². The maximum absolute atomic E-state index is 13.0. The summed E-state index contributed by atoms with van der Waals surface area (Å²) in [4.78, 5) is 27.4. The van der Waals surface area contributed by atoms with Gasteiger partial charge in [-0.05, 0) is 38.5 Å². The highest BCUT2D eigenvalue weighted by molar-refractivity contribution is 6.00. The summed E-state index contributed by atoms with van der Waals surface area (Å²) in [6, 6.07) is -0.382. The van der Waals surface area contributed by atoms with Gasteiger partial charge in [-0.15, -0.1) is 0 Å². The van der Waals surface area contributed by atoms with Crippen molar-refractivity contribution in [2.24, 2.45) is 11.8 Å². The first-order valence-electron chi connectivity index (χ1n) is 8.01. The molecule has 1 aliphatic carbocycles. The van der Waals surface area contributed by atoms with E-state index in [4.69, 9.17) is 4.74 Å². The predicted molar refractivity (Wildman–Crippen MR) is 80.7 cm³/mol. The molecule has 2 rings (SSSR count). The summed E-state index contributed by atoms with van der Waals surface area (Å²) in [6.45, 7) is 8.36. The van der Waals surface area contributed by atoms with E-state index in [2.05, 4.69) is 12.2 Å². The molecule has 0 bridgehead atoms. The minimum Gasteiger partial charge on any atom is -0.380 e. The summed E-state index contributed by atoms with van der Waals surface area (Å²) in [5, 5.41) is 3.02. The topological polar surface area (TPSA) is 58.6 Å². The van der Waals surface area contributed by atoms with Crippen LogP contribution < -0.4 is 5.32 Å². The first kappa shape index (κ1) is 16.3. The molecule has 4 unspecified atom stereocenters. The highest BCUT2D eigenvalue weighted by Gasteiger charge is 2.56. The monoisotopic (exact) mass is 296 g/mol. The van der Waals surface area contributed by atoms with Gasteiger partial charge in [0, 0.05) is 13.7 Å². The molecule has 1 saturated heterocycles. The average molecular weight is 296 g/mol. The quantitative estimate of drug-likeness (QED) is 0.809. The van der Waals surface area contributed by atoms with E-state index in [1.807, 2.05) is 20.8 Å². The zero-order valence-corrected chi connectivity index (χ0v) is 13.8. The number of rotatable bonds is 6. The molecule has 2 fully saturated rings. The SMILES string of the molecule is CCC(C)C1C(=O)NC(C)(C2CC2)C(=O)N1CC(C)OC. The molecule has 0 aromatic heterocycles. The Hall–Kier alpha value is -1.10. The van der Waals surface area contributed by atoms with Crippen LogP contribution in [-0.2, 0) is 14.3 Å². The molecule has 0 aromatic rings. The van der Waals surface area contributed by atoms with Crippen molar-refractivity contribution < 1.29 is 14.3 Å². The molecule has 21 heavy (non-hydrogen) atoms. The van der Waals surface area contributed by atoms with E-state index in [0.29, 0.717) is 6.54 Å². The average Bonchev–Trinajstić information content (AvgIpc) is 3.28. The smallest absolute Gasteiger partial charge is 0.249 e. The Kier molecular flexibility index (Phi) is 4.61. The lowest BCUT2D eigenvalue weighted by Crippen LogP contribution is -2.72. The normalized spacial score (nSPS) is 32.8. The lowest BCUT2D eigenvalue weighted by Gasteiger charge is -2.47. The summed E-state index contributed by atoms with van der Waals surface area (Å²) in [6.07, 6.45) is 2.83. The molecule has 5 nitrogen and oxygen atoms in total. The van der Waals surface area contributed by atoms with Gasteiger partial charge in [0.25, 0.3) is 0 Å². The molecule has 0 radical (unpaired) electrons. The summed E-state index contributed by atoms with van der Waals surface area (Å²) in [5.74, 6) is 0.467. The van der Waals surface area contributed by atoms with E-state index in [-0.39, 0.29) is 35.8 Å². The largest absolute Gasteiger partial charge is 0.380 e. The van der Waals surface area contributed by atoms with Crippen molar-refractivity contribution in [1.82, 2.24) is 10.2 Å². The van der Waals surface area contributed by atoms with Crippen LogP contribution in [0.25, 0.3) is 0 Å². The number of methoxy groups -OCH3 is 1. The molecule has 1 heterocycles. The van der Waals surface area contributed by atoms with Crippen LogP contribution in [0, 0.1) is 11.8 Å². The molecule has 4 atom stereocenters. The molecular formula is C16H28N2O3. The van der Waals surface area contributed by atoms with Crippen LogP contribution in [0.3, 0.4) is 0 Å². The zero-order valence-electron chi connectivity index (χ0n) is 13.8. The van der Waals surface area contributed by atoms with Gasteiger partial charge >= 0.3 is 0 Å². The number of hydrogen-bond donors (Lipinski definition) is 1. The van der Waals surface area contributed by atoms with Crippen molar-refractivity contribution in [3.63, 3.8) is 0 Å². The van der Waals surface area contributed by atoms with Crippen LogP contribution in [0.15, 0.2) is 0 Å². The molecular weight excluding hydrogens is 268 g/mol. The minimum absolute atomic E-state index is 0.0124. The molecule has 1 aliphatic heterocycles. The van der Waals surface area contributed by atoms with Crippen LogP contribution >= 0.6 is 0 Å². The highest BCUT2D eigenvalue weighted by Crippen LogP contribution is 2.42. The number of piperazine rings is 1. The second-order valence-electron chi connectivity index (χ2n) is 6.80. The predicted octanol–water partition coefficient (Wildman–Crippen LogP) is 1.56. The van der Waals surface area contributed by atoms with Gasteiger partial charge in [-0.2, -0.15) is 0 Å². The highest BCUT2D eigenvalue weighted by atomic mass is 16.5. The fraction of sp³-hybridized carbons (Fsp3) is 0.875. The third-order valence-electron chi connectivity index (χ3n) is 5.13. The Labute approximate surface area is 127 Å². The summed E-state index contributed by atoms with van der Waals surface area (Å²) < 4.78 is 5.32. The number of nitrogens with one attached hydrogen (secondary N) is 1. The van der Waals surface area contributed by atoms with Gasteiger partial charge in [0.15, 0.2) is 0 Å². The Morgan fingerprint density at radius 2 is 2.00 bits per heavy atom. The third-order valence-corrected chi connectivity index (χ3v) is 5.13. The number of carbonyl (C=O) groups is 2. The first-order chi connectivity index (χ1) is 9.85. The van der Waals surface area contributed by atoms with E-state index in [1.165, 1.54) is 0 Å². The first-order valence-corrected chi connectivity index (χ1v) is 8.01. The molecule has 1 saturated carbocycles. The fourth-order valence-corrected chi connectivity index (χ4v) is 3.22. The molecule has 0 aromatic carbocycles. The molecule has 120 valence electrons. The van der Waals surface area contributed by atoms with Gasteiger partial charge in [-0.1, -0.05) is 20.3 Å². The van der Waals surface area contributed by atoms with Gasteiger partial charge in [-0.25, -0.2) is 0 Å². The van der Waals surface area contributed by atoms with Crippen LogP contribution in [0.2, 0.25) is 0 Å². The molecule has 5 heteroatoms. The van der Waals surface area contributed by atoms with E-state index < -0.39 is 5.54 Å². The van der Waals surface area contributed by atoms with Crippen LogP contribution in [-0.4, -0.2) is 48.1 Å². The van der Waals surface area contributed by atoms with Crippen molar-refractivity contribution in [2.75, 3.05) is 13.7 Å². The Morgan fingerprint density at radius 3 is 2.48 bits per heavy atom. The van der Waals surface area contributed by atoms with E-state index in [1.54, 1.807) is 12.0 Å². The Bertz CT molecular complexity index is 422. The summed E-state index contributed by atoms with van der Waals surface area (Å²) in [7, 11) is 1.64. The molecule has 1 N–H and O–H groups in total. The lowest BCUT2D eigenvalue weighted by atomic mass is 9.85. The van der Waals surface area contributed by atoms with Crippen molar-refractivity contribution in [3.05, 3.63) is 0 Å². The maximum Gasteiger partial charge on any atom is 0.249 e. The standard InChI is InChI=1S/C16H28N2O3/c1-6-10(2)13-14(19)17-16(4,12-7-8-12)15(20)18(13)9-11(3)21-5/h10-13H,6-9H2,1-5H3,(H,17,19). The number of hydrogen-bond acceptors (Lipinski definition) is 3. The second kappa shape index (κ2) is 5.95. The zero-order chi connectivity index (χ0) is 15.8.